The number of ether oxygens (including phenoxy) is 1. The highest BCUT2D eigenvalue weighted by molar-refractivity contribution is 5.94. The first-order valence-electron chi connectivity index (χ1n) is 10.0. The lowest BCUT2D eigenvalue weighted by atomic mass is 9.80. The van der Waals surface area contributed by atoms with Gasteiger partial charge in [0.1, 0.15) is 18.1 Å². The fourth-order valence-electron chi connectivity index (χ4n) is 3.93. The SMILES string of the molecule is Cc1noc(C)c1COc1cccc(C(=O)NCC2(N(C)C)CCCCC2)c1. The Morgan fingerprint density at radius 2 is 2.00 bits per heavy atom. The molecule has 0 spiro atoms. The normalized spacial score (nSPS) is 16.2. The van der Waals surface area contributed by atoms with Crippen molar-refractivity contribution < 1.29 is 14.1 Å². The molecule has 0 bridgehead atoms. The van der Waals surface area contributed by atoms with E-state index in [9.17, 15) is 4.79 Å². The Hall–Kier alpha value is -2.34. The number of hydrogen-bond donors (Lipinski definition) is 1. The first-order chi connectivity index (χ1) is 13.4. The predicted molar refractivity (Wildman–Crippen MR) is 109 cm³/mol. The van der Waals surface area contributed by atoms with Crippen molar-refractivity contribution in [2.24, 2.45) is 0 Å². The van der Waals surface area contributed by atoms with Gasteiger partial charge in [0.15, 0.2) is 0 Å². The number of hydrogen-bond acceptors (Lipinski definition) is 5. The van der Waals surface area contributed by atoms with Crippen molar-refractivity contribution in [1.29, 1.82) is 0 Å². The van der Waals surface area contributed by atoms with Gasteiger partial charge in [-0.2, -0.15) is 0 Å². The van der Waals surface area contributed by atoms with Crippen LogP contribution >= 0.6 is 0 Å². The minimum atomic E-state index is -0.0606. The zero-order valence-corrected chi connectivity index (χ0v) is 17.4. The van der Waals surface area contributed by atoms with E-state index in [1.807, 2.05) is 32.0 Å². The van der Waals surface area contributed by atoms with Gasteiger partial charge >= 0.3 is 0 Å². The molecular formula is C22H31N3O3. The van der Waals surface area contributed by atoms with Gasteiger partial charge in [0.2, 0.25) is 0 Å². The second-order valence-corrected chi connectivity index (χ2v) is 7.98. The molecule has 6 heteroatoms. The number of carbonyl (C=O) groups excluding carboxylic acids is 1. The molecule has 0 unspecified atom stereocenters. The lowest BCUT2D eigenvalue weighted by molar-refractivity contribution is 0.0799. The number of benzene rings is 1. The molecule has 1 fully saturated rings. The van der Waals surface area contributed by atoms with E-state index in [1.165, 1.54) is 19.3 Å². The quantitative estimate of drug-likeness (QED) is 0.784. The van der Waals surface area contributed by atoms with E-state index in [0.29, 0.717) is 24.5 Å². The smallest absolute Gasteiger partial charge is 0.251 e. The van der Waals surface area contributed by atoms with Crippen molar-refractivity contribution in [2.45, 2.75) is 58.1 Å². The fourth-order valence-corrected chi connectivity index (χ4v) is 3.93. The standard InChI is InChI=1S/C22H31N3O3/c1-16-20(17(2)28-24-16)14-27-19-10-8-9-18(13-19)21(26)23-15-22(25(3)4)11-6-5-7-12-22/h8-10,13H,5-7,11-12,14-15H2,1-4H3,(H,23,26). The number of nitrogens with zero attached hydrogens (tertiary/aromatic N) is 2. The average molecular weight is 386 g/mol. The number of carbonyl (C=O) groups is 1. The third kappa shape index (κ3) is 4.55. The summed E-state index contributed by atoms with van der Waals surface area (Å²) in [7, 11) is 4.22. The summed E-state index contributed by atoms with van der Waals surface area (Å²) in [6.45, 7) is 4.80. The minimum Gasteiger partial charge on any atom is -0.489 e. The second kappa shape index (κ2) is 8.78. The van der Waals surface area contributed by atoms with Crippen LogP contribution in [0.3, 0.4) is 0 Å². The topological polar surface area (TPSA) is 67.6 Å². The molecule has 1 aromatic carbocycles. The summed E-state index contributed by atoms with van der Waals surface area (Å²) in [5, 5.41) is 7.09. The van der Waals surface area contributed by atoms with Crippen LogP contribution in [0.2, 0.25) is 0 Å². The van der Waals surface area contributed by atoms with Gasteiger partial charge in [-0.05, 0) is 59.0 Å². The third-order valence-corrected chi connectivity index (χ3v) is 5.97. The van der Waals surface area contributed by atoms with Crippen LogP contribution in [-0.4, -0.2) is 42.1 Å². The molecule has 1 aliphatic carbocycles. The van der Waals surface area contributed by atoms with E-state index < -0.39 is 0 Å². The van der Waals surface area contributed by atoms with Crippen LogP contribution in [-0.2, 0) is 6.61 Å². The molecular weight excluding hydrogens is 354 g/mol. The Labute approximate surface area is 167 Å². The van der Waals surface area contributed by atoms with Gasteiger partial charge < -0.3 is 19.5 Å². The van der Waals surface area contributed by atoms with Crippen molar-refractivity contribution in [3.05, 3.63) is 46.8 Å². The van der Waals surface area contributed by atoms with Crippen LogP contribution in [0.5, 0.6) is 5.75 Å². The summed E-state index contributed by atoms with van der Waals surface area (Å²) in [5.41, 5.74) is 2.44. The van der Waals surface area contributed by atoms with Crippen LogP contribution in [0.25, 0.3) is 0 Å². The van der Waals surface area contributed by atoms with Crippen molar-refractivity contribution in [2.75, 3.05) is 20.6 Å². The molecule has 28 heavy (non-hydrogen) atoms. The summed E-state index contributed by atoms with van der Waals surface area (Å²) in [6.07, 6.45) is 5.98. The van der Waals surface area contributed by atoms with Crippen LogP contribution in [0, 0.1) is 13.8 Å². The van der Waals surface area contributed by atoms with Gasteiger partial charge in [-0.3, -0.25) is 4.79 Å². The van der Waals surface area contributed by atoms with E-state index in [1.54, 1.807) is 6.07 Å². The molecule has 1 aromatic heterocycles. The molecule has 6 nitrogen and oxygen atoms in total. The van der Waals surface area contributed by atoms with E-state index in [2.05, 4.69) is 29.5 Å². The molecule has 1 aliphatic rings. The van der Waals surface area contributed by atoms with Crippen molar-refractivity contribution in [3.63, 3.8) is 0 Å². The molecule has 1 amide bonds. The lowest BCUT2D eigenvalue weighted by Crippen LogP contribution is -2.53. The molecule has 3 rings (SSSR count). The summed E-state index contributed by atoms with van der Waals surface area (Å²) >= 11 is 0. The highest BCUT2D eigenvalue weighted by Gasteiger charge is 2.34. The molecule has 0 aliphatic heterocycles. The first kappa shape index (κ1) is 20.4. The third-order valence-electron chi connectivity index (χ3n) is 5.97. The zero-order valence-electron chi connectivity index (χ0n) is 17.4. The molecule has 1 heterocycles. The number of amides is 1. The molecule has 0 saturated heterocycles. The summed E-state index contributed by atoms with van der Waals surface area (Å²) in [6, 6.07) is 7.31. The number of likely N-dealkylation sites (N-methyl/N-ethyl adjacent to an activating group) is 1. The Morgan fingerprint density at radius 3 is 2.64 bits per heavy atom. The van der Waals surface area contributed by atoms with Crippen LogP contribution in [0.15, 0.2) is 28.8 Å². The van der Waals surface area contributed by atoms with Gasteiger partial charge in [0.25, 0.3) is 5.91 Å². The predicted octanol–water partition coefficient (Wildman–Crippen LogP) is 3.86. The Morgan fingerprint density at radius 1 is 1.25 bits per heavy atom. The largest absolute Gasteiger partial charge is 0.489 e. The van der Waals surface area contributed by atoms with Gasteiger partial charge in [-0.15, -0.1) is 0 Å². The number of nitrogens with one attached hydrogen (secondary N) is 1. The maximum atomic E-state index is 12.7. The molecule has 1 N–H and O–H groups in total. The second-order valence-electron chi connectivity index (χ2n) is 7.98. The van der Waals surface area contributed by atoms with Crippen molar-refractivity contribution in [1.82, 2.24) is 15.4 Å². The maximum absolute atomic E-state index is 12.7. The molecule has 0 radical (unpaired) electrons. The van der Waals surface area contributed by atoms with Gasteiger partial charge in [-0.1, -0.05) is 30.5 Å². The summed E-state index contributed by atoms with van der Waals surface area (Å²) < 4.78 is 11.0. The molecule has 2 aromatic rings. The molecule has 0 atom stereocenters. The van der Waals surface area contributed by atoms with Gasteiger partial charge in [0.05, 0.1) is 11.3 Å². The van der Waals surface area contributed by atoms with Gasteiger partial charge in [0, 0.05) is 17.6 Å². The number of aryl methyl sites for hydroxylation is 2. The molecule has 1 saturated carbocycles. The van der Waals surface area contributed by atoms with Gasteiger partial charge in [-0.25, -0.2) is 0 Å². The Bertz CT molecular complexity index is 788. The van der Waals surface area contributed by atoms with Crippen LogP contribution in [0.1, 0.15) is 59.5 Å². The van der Waals surface area contributed by atoms with E-state index in [-0.39, 0.29) is 11.4 Å². The Kier molecular flexibility index (Phi) is 6.39. The van der Waals surface area contributed by atoms with Crippen molar-refractivity contribution in [3.8, 4) is 5.75 Å². The van der Waals surface area contributed by atoms with E-state index >= 15 is 0 Å². The minimum absolute atomic E-state index is 0.0606. The molecule has 152 valence electrons. The van der Waals surface area contributed by atoms with E-state index in [4.69, 9.17) is 9.26 Å². The van der Waals surface area contributed by atoms with Crippen LogP contribution < -0.4 is 10.1 Å². The summed E-state index contributed by atoms with van der Waals surface area (Å²) in [5.74, 6) is 1.36. The summed E-state index contributed by atoms with van der Waals surface area (Å²) in [4.78, 5) is 15.0. The van der Waals surface area contributed by atoms with E-state index in [0.717, 1.165) is 29.9 Å². The number of aromatic nitrogens is 1. The highest BCUT2D eigenvalue weighted by Crippen LogP contribution is 2.31. The van der Waals surface area contributed by atoms with Crippen LogP contribution in [0.4, 0.5) is 0 Å². The highest BCUT2D eigenvalue weighted by atomic mass is 16.5. The maximum Gasteiger partial charge on any atom is 0.251 e. The number of rotatable bonds is 7. The first-order valence-corrected chi connectivity index (χ1v) is 10.0. The zero-order chi connectivity index (χ0) is 20.1. The fraction of sp³-hybridized carbons (Fsp3) is 0.545. The lowest BCUT2D eigenvalue weighted by Gasteiger charge is -2.43. The average Bonchev–Trinajstić information content (AvgIpc) is 3.03. The monoisotopic (exact) mass is 385 g/mol. The van der Waals surface area contributed by atoms with Crippen molar-refractivity contribution >= 4 is 5.91 Å². The Balaban J connectivity index is 1.62.